The zero-order chi connectivity index (χ0) is 14.1. The number of carbonyl (C=O) groups is 2. The minimum absolute atomic E-state index is 0.0133. The Hall–Kier alpha value is -1.68. The summed E-state index contributed by atoms with van der Waals surface area (Å²) in [4.78, 5) is 25.9. The SMILES string of the molecule is COC(=O)C1CN(C2CCc3ccccc32)CCC1=O. The van der Waals surface area contributed by atoms with Gasteiger partial charge < -0.3 is 4.74 Å². The summed E-state index contributed by atoms with van der Waals surface area (Å²) in [6, 6.07) is 8.80. The van der Waals surface area contributed by atoms with Gasteiger partial charge in [0.05, 0.1) is 7.11 Å². The van der Waals surface area contributed by atoms with Crippen LogP contribution in [0.5, 0.6) is 0 Å². The van der Waals surface area contributed by atoms with Crippen LogP contribution in [0, 0.1) is 5.92 Å². The minimum atomic E-state index is -0.610. The monoisotopic (exact) mass is 273 g/mol. The fraction of sp³-hybridized carbons (Fsp3) is 0.500. The molecule has 2 atom stereocenters. The maximum atomic E-state index is 11.9. The van der Waals surface area contributed by atoms with Crippen molar-refractivity contribution < 1.29 is 14.3 Å². The number of hydrogen-bond donors (Lipinski definition) is 0. The maximum absolute atomic E-state index is 11.9. The fourth-order valence-electron chi connectivity index (χ4n) is 3.40. The van der Waals surface area contributed by atoms with Crippen molar-refractivity contribution in [3.63, 3.8) is 0 Å². The first-order valence-corrected chi connectivity index (χ1v) is 7.13. The Labute approximate surface area is 118 Å². The van der Waals surface area contributed by atoms with Crippen molar-refractivity contribution >= 4 is 11.8 Å². The highest BCUT2D eigenvalue weighted by atomic mass is 16.5. The van der Waals surface area contributed by atoms with Gasteiger partial charge in [0.25, 0.3) is 0 Å². The van der Waals surface area contributed by atoms with Gasteiger partial charge in [-0.2, -0.15) is 0 Å². The van der Waals surface area contributed by atoms with E-state index in [2.05, 4.69) is 29.2 Å². The lowest BCUT2D eigenvalue weighted by atomic mass is 9.94. The van der Waals surface area contributed by atoms with Gasteiger partial charge >= 0.3 is 5.97 Å². The lowest BCUT2D eigenvalue weighted by molar-refractivity contribution is -0.152. The summed E-state index contributed by atoms with van der Waals surface area (Å²) in [7, 11) is 1.35. The zero-order valence-corrected chi connectivity index (χ0v) is 11.7. The van der Waals surface area contributed by atoms with Crippen molar-refractivity contribution in [2.24, 2.45) is 5.92 Å². The molecule has 0 N–H and O–H groups in total. The van der Waals surface area contributed by atoms with Gasteiger partial charge in [0.15, 0.2) is 0 Å². The molecule has 4 heteroatoms. The van der Waals surface area contributed by atoms with Crippen LogP contribution in [0.1, 0.15) is 30.0 Å². The number of ketones is 1. The van der Waals surface area contributed by atoms with Crippen molar-refractivity contribution in [1.82, 2.24) is 4.90 Å². The van der Waals surface area contributed by atoms with E-state index in [1.54, 1.807) is 0 Å². The smallest absolute Gasteiger partial charge is 0.317 e. The Balaban J connectivity index is 1.79. The molecule has 1 aliphatic carbocycles. The summed E-state index contributed by atoms with van der Waals surface area (Å²) in [6.07, 6.45) is 2.59. The van der Waals surface area contributed by atoms with Crippen molar-refractivity contribution in [2.75, 3.05) is 20.2 Å². The Kier molecular flexibility index (Phi) is 3.57. The number of fused-ring (bicyclic) bond motifs is 1. The lowest BCUT2D eigenvalue weighted by Gasteiger charge is -2.35. The lowest BCUT2D eigenvalue weighted by Crippen LogP contribution is -2.45. The van der Waals surface area contributed by atoms with Crippen LogP contribution in [0.15, 0.2) is 24.3 Å². The number of rotatable bonds is 2. The molecule has 1 aromatic carbocycles. The first kappa shape index (κ1) is 13.3. The highest BCUT2D eigenvalue weighted by molar-refractivity contribution is 5.99. The molecular formula is C16H19NO3. The van der Waals surface area contributed by atoms with Crippen LogP contribution in [0.25, 0.3) is 0 Å². The molecule has 1 saturated heterocycles. The molecule has 0 spiro atoms. The number of benzene rings is 1. The topological polar surface area (TPSA) is 46.6 Å². The maximum Gasteiger partial charge on any atom is 0.317 e. The van der Waals surface area contributed by atoms with Crippen LogP contribution >= 0.6 is 0 Å². The van der Waals surface area contributed by atoms with Gasteiger partial charge in [-0.1, -0.05) is 24.3 Å². The standard InChI is InChI=1S/C16H19NO3/c1-20-16(19)13-10-17(9-8-15(13)18)14-7-6-11-4-2-3-5-12(11)14/h2-5,13-14H,6-10H2,1H3. The average molecular weight is 273 g/mol. The Morgan fingerprint density at radius 2 is 2.10 bits per heavy atom. The van der Waals surface area contributed by atoms with E-state index in [1.165, 1.54) is 18.2 Å². The molecule has 0 radical (unpaired) electrons. The molecule has 0 amide bonds. The average Bonchev–Trinajstić information content (AvgIpc) is 2.91. The van der Waals surface area contributed by atoms with E-state index in [-0.39, 0.29) is 5.78 Å². The van der Waals surface area contributed by atoms with E-state index >= 15 is 0 Å². The van der Waals surface area contributed by atoms with Gasteiger partial charge in [0.1, 0.15) is 11.7 Å². The van der Waals surface area contributed by atoms with Crippen LogP contribution in [0.2, 0.25) is 0 Å². The number of esters is 1. The van der Waals surface area contributed by atoms with Crippen LogP contribution in [0.4, 0.5) is 0 Å². The van der Waals surface area contributed by atoms with E-state index in [9.17, 15) is 9.59 Å². The third-order valence-electron chi connectivity index (χ3n) is 4.48. The molecule has 1 aliphatic heterocycles. The number of likely N-dealkylation sites (tertiary alicyclic amines) is 1. The largest absolute Gasteiger partial charge is 0.468 e. The molecule has 106 valence electrons. The third-order valence-corrected chi connectivity index (χ3v) is 4.48. The fourth-order valence-corrected chi connectivity index (χ4v) is 3.40. The molecular weight excluding hydrogens is 254 g/mol. The van der Waals surface area contributed by atoms with Gasteiger partial charge in [0, 0.05) is 25.6 Å². The highest BCUT2D eigenvalue weighted by Crippen LogP contribution is 2.37. The van der Waals surface area contributed by atoms with Crippen LogP contribution in [0.3, 0.4) is 0 Å². The molecule has 2 unspecified atom stereocenters. The summed E-state index contributed by atoms with van der Waals surface area (Å²) < 4.78 is 4.75. The molecule has 20 heavy (non-hydrogen) atoms. The second-order valence-corrected chi connectivity index (χ2v) is 5.54. The van der Waals surface area contributed by atoms with E-state index in [0.717, 1.165) is 19.4 Å². The van der Waals surface area contributed by atoms with E-state index in [4.69, 9.17) is 4.74 Å². The number of nitrogens with zero attached hydrogens (tertiary/aromatic N) is 1. The van der Waals surface area contributed by atoms with Crippen molar-refractivity contribution in [1.29, 1.82) is 0 Å². The molecule has 4 nitrogen and oxygen atoms in total. The molecule has 3 rings (SSSR count). The van der Waals surface area contributed by atoms with Gasteiger partial charge in [-0.25, -0.2) is 0 Å². The molecule has 1 fully saturated rings. The number of methoxy groups -OCH3 is 1. The van der Waals surface area contributed by atoms with E-state index in [0.29, 0.717) is 19.0 Å². The van der Waals surface area contributed by atoms with Crippen molar-refractivity contribution in [2.45, 2.75) is 25.3 Å². The molecule has 0 saturated carbocycles. The molecule has 1 aromatic rings. The second kappa shape index (κ2) is 5.37. The van der Waals surface area contributed by atoms with Gasteiger partial charge in [0.2, 0.25) is 0 Å². The van der Waals surface area contributed by atoms with Gasteiger partial charge in [-0.15, -0.1) is 0 Å². The van der Waals surface area contributed by atoms with E-state index in [1.807, 2.05) is 0 Å². The number of ether oxygens (including phenoxy) is 1. The molecule has 2 aliphatic rings. The van der Waals surface area contributed by atoms with Gasteiger partial charge in [-0.05, 0) is 24.0 Å². The number of carbonyl (C=O) groups excluding carboxylic acids is 2. The van der Waals surface area contributed by atoms with Gasteiger partial charge in [-0.3, -0.25) is 14.5 Å². The Morgan fingerprint density at radius 1 is 1.30 bits per heavy atom. The van der Waals surface area contributed by atoms with Crippen LogP contribution in [-0.2, 0) is 20.7 Å². The highest BCUT2D eigenvalue weighted by Gasteiger charge is 2.38. The van der Waals surface area contributed by atoms with Crippen LogP contribution in [-0.4, -0.2) is 36.9 Å². The predicted octanol–water partition coefficient (Wildman–Crippen LogP) is 1.74. The minimum Gasteiger partial charge on any atom is -0.468 e. The van der Waals surface area contributed by atoms with Crippen LogP contribution < -0.4 is 0 Å². The van der Waals surface area contributed by atoms with Crippen molar-refractivity contribution in [3.05, 3.63) is 35.4 Å². The third kappa shape index (κ3) is 2.24. The second-order valence-electron chi connectivity index (χ2n) is 5.54. The van der Waals surface area contributed by atoms with Crippen molar-refractivity contribution in [3.8, 4) is 0 Å². The summed E-state index contributed by atoms with van der Waals surface area (Å²) in [6.45, 7) is 1.23. The Morgan fingerprint density at radius 3 is 2.90 bits per heavy atom. The summed E-state index contributed by atoms with van der Waals surface area (Å²) >= 11 is 0. The molecule has 0 aromatic heterocycles. The van der Waals surface area contributed by atoms with E-state index < -0.39 is 11.9 Å². The summed E-state index contributed by atoms with van der Waals surface area (Å²) in [5.41, 5.74) is 2.74. The summed E-state index contributed by atoms with van der Waals surface area (Å²) in [5.74, 6) is -0.994. The predicted molar refractivity (Wildman–Crippen MR) is 74.2 cm³/mol. The molecule has 0 bridgehead atoms. The number of piperidine rings is 1. The summed E-state index contributed by atoms with van der Waals surface area (Å²) in [5, 5.41) is 0. The number of Topliss-reactive ketones (excluding diaryl/α,β-unsaturated/α-hetero) is 1. The zero-order valence-electron chi connectivity index (χ0n) is 11.7. The first-order chi connectivity index (χ1) is 9.70. The molecule has 1 heterocycles. The normalized spacial score (nSPS) is 26.4. The Bertz CT molecular complexity index is 532. The first-order valence-electron chi connectivity index (χ1n) is 7.13. The number of aryl methyl sites for hydroxylation is 1. The number of hydrogen-bond acceptors (Lipinski definition) is 4. The quantitative estimate of drug-likeness (QED) is 0.608.